The fourth-order valence-electron chi connectivity index (χ4n) is 2.51. The molecule has 2 N–H and O–H groups in total. The highest BCUT2D eigenvalue weighted by Gasteiger charge is 2.30. The number of anilines is 1. The highest BCUT2D eigenvalue weighted by Crippen LogP contribution is 2.42. The minimum Gasteiger partial charge on any atom is -0.383 e. The van der Waals surface area contributed by atoms with E-state index < -0.39 is 0 Å². The van der Waals surface area contributed by atoms with Crippen molar-refractivity contribution in [2.45, 2.75) is 45.2 Å². The average Bonchev–Trinajstić information content (AvgIpc) is 3.10. The molecular weight excluding hydrogens is 250 g/mol. The summed E-state index contributed by atoms with van der Waals surface area (Å²) in [6, 6.07) is 0. The Morgan fingerprint density at radius 3 is 2.95 bits per heavy atom. The maximum atomic E-state index is 6.29. The lowest BCUT2D eigenvalue weighted by Crippen LogP contribution is -2.05. The van der Waals surface area contributed by atoms with E-state index in [0.717, 1.165) is 35.9 Å². The molecule has 0 atom stereocenters. The number of rotatable bonds is 6. The molecule has 0 amide bonds. The van der Waals surface area contributed by atoms with Crippen molar-refractivity contribution in [1.29, 1.82) is 0 Å². The number of aryl methyl sites for hydroxylation is 1. The van der Waals surface area contributed by atoms with Gasteiger partial charge in [-0.1, -0.05) is 13.0 Å². The number of nitrogen functional groups attached to an aromatic ring is 1. The third kappa shape index (κ3) is 2.24. The molecule has 1 aliphatic carbocycles. The minimum absolute atomic E-state index is 0.566. The Morgan fingerprint density at radius 1 is 1.50 bits per heavy atom. The molecule has 0 saturated heterocycles. The summed E-state index contributed by atoms with van der Waals surface area (Å²) in [6.45, 7) is 7.58. The van der Waals surface area contributed by atoms with Crippen molar-refractivity contribution in [1.82, 2.24) is 19.3 Å². The molecule has 2 aromatic heterocycles. The van der Waals surface area contributed by atoms with Crippen LogP contribution in [0, 0.1) is 0 Å². The predicted octanol–water partition coefficient (Wildman–Crippen LogP) is 2.80. The first-order chi connectivity index (χ1) is 9.74. The van der Waals surface area contributed by atoms with Crippen LogP contribution in [0.2, 0.25) is 0 Å². The van der Waals surface area contributed by atoms with Gasteiger partial charge in [0.2, 0.25) is 0 Å². The van der Waals surface area contributed by atoms with Crippen molar-refractivity contribution in [3.05, 3.63) is 30.9 Å². The minimum atomic E-state index is 0.566. The van der Waals surface area contributed by atoms with Gasteiger partial charge in [-0.2, -0.15) is 5.10 Å². The van der Waals surface area contributed by atoms with Crippen LogP contribution in [-0.2, 0) is 13.1 Å². The summed E-state index contributed by atoms with van der Waals surface area (Å²) in [6.07, 6.45) is 9.23. The van der Waals surface area contributed by atoms with Gasteiger partial charge in [-0.15, -0.1) is 6.58 Å². The van der Waals surface area contributed by atoms with Gasteiger partial charge >= 0.3 is 0 Å². The molecule has 1 fully saturated rings. The van der Waals surface area contributed by atoms with E-state index in [1.807, 2.05) is 23.2 Å². The Morgan fingerprint density at radius 2 is 2.30 bits per heavy atom. The van der Waals surface area contributed by atoms with E-state index in [1.54, 1.807) is 0 Å². The highest BCUT2D eigenvalue weighted by atomic mass is 15.3. The SMILES string of the molecule is C=CCn1c(C2CC2)nc(-c2cnn(CCC)c2)c1N. The van der Waals surface area contributed by atoms with Crippen LogP contribution in [0.15, 0.2) is 25.0 Å². The highest BCUT2D eigenvalue weighted by molar-refractivity contribution is 5.70. The Labute approximate surface area is 119 Å². The van der Waals surface area contributed by atoms with Gasteiger partial charge in [0.1, 0.15) is 17.3 Å². The monoisotopic (exact) mass is 271 g/mol. The van der Waals surface area contributed by atoms with Crippen molar-refractivity contribution in [3.8, 4) is 11.3 Å². The lowest BCUT2D eigenvalue weighted by atomic mass is 10.2. The van der Waals surface area contributed by atoms with Crippen molar-refractivity contribution in [2.75, 3.05) is 5.73 Å². The summed E-state index contributed by atoms with van der Waals surface area (Å²) in [5.41, 5.74) is 8.14. The third-order valence-electron chi connectivity index (χ3n) is 3.65. The number of nitrogens with two attached hydrogens (primary N) is 1. The second kappa shape index (κ2) is 5.15. The Hall–Kier alpha value is -2.04. The zero-order valence-electron chi connectivity index (χ0n) is 11.9. The summed E-state index contributed by atoms with van der Waals surface area (Å²) in [5.74, 6) is 2.39. The first-order valence-electron chi connectivity index (χ1n) is 7.24. The van der Waals surface area contributed by atoms with Crippen molar-refractivity contribution >= 4 is 5.82 Å². The van der Waals surface area contributed by atoms with Crippen LogP contribution in [0.5, 0.6) is 0 Å². The molecule has 1 aliphatic rings. The van der Waals surface area contributed by atoms with E-state index >= 15 is 0 Å². The fourth-order valence-corrected chi connectivity index (χ4v) is 2.51. The predicted molar refractivity (Wildman–Crippen MR) is 80.3 cm³/mol. The number of nitrogens with zero attached hydrogens (tertiary/aromatic N) is 4. The Kier molecular flexibility index (Phi) is 3.34. The maximum absolute atomic E-state index is 6.29. The molecule has 2 aromatic rings. The number of hydrogen-bond donors (Lipinski definition) is 1. The summed E-state index contributed by atoms with van der Waals surface area (Å²) in [5, 5.41) is 4.36. The summed E-state index contributed by atoms with van der Waals surface area (Å²) >= 11 is 0. The number of aromatic nitrogens is 4. The molecule has 0 radical (unpaired) electrons. The summed E-state index contributed by atoms with van der Waals surface area (Å²) < 4.78 is 4.02. The molecule has 1 saturated carbocycles. The molecule has 3 rings (SSSR count). The van der Waals surface area contributed by atoms with E-state index in [9.17, 15) is 0 Å². The van der Waals surface area contributed by atoms with Gasteiger partial charge in [0.25, 0.3) is 0 Å². The largest absolute Gasteiger partial charge is 0.383 e. The van der Waals surface area contributed by atoms with E-state index in [1.165, 1.54) is 12.8 Å². The molecule has 0 aromatic carbocycles. The van der Waals surface area contributed by atoms with Gasteiger partial charge in [-0.05, 0) is 19.3 Å². The van der Waals surface area contributed by atoms with Crippen LogP contribution in [0.3, 0.4) is 0 Å². The zero-order chi connectivity index (χ0) is 14.1. The van der Waals surface area contributed by atoms with E-state index in [-0.39, 0.29) is 0 Å². The fraction of sp³-hybridized carbons (Fsp3) is 0.467. The van der Waals surface area contributed by atoms with E-state index in [2.05, 4.69) is 23.2 Å². The Balaban J connectivity index is 1.99. The van der Waals surface area contributed by atoms with Crippen LogP contribution < -0.4 is 5.73 Å². The van der Waals surface area contributed by atoms with Crippen LogP contribution in [0.25, 0.3) is 11.3 Å². The molecular formula is C15H21N5. The maximum Gasteiger partial charge on any atom is 0.132 e. The number of allylic oxidation sites excluding steroid dienone is 1. The van der Waals surface area contributed by atoms with Gasteiger partial charge in [-0.3, -0.25) is 4.68 Å². The van der Waals surface area contributed by atoms with Crippen LogP contribution in [0.1, 0.15) is 37.9 Å². The second-order valence-electron chi connectivity index (χ2n) is 5.37. The normalized spacial score (nSPS) is 14.7. The first-order valence-corrected chi connectivity index (χ1v) is 7.24. The second-order valence-corrected chi connectivity index (χ2v) is 5.37. The molecule has 2 heterocycles. The van der Waals surface area contributed by atoms with Gasteiger partial charge in [-0.25, -0.2) is 4.98 Å². The van der Waals surface area contributed by atoms with E-state index in [4.69, 9.17) is 10.7 Å². The van der Waals surface area contributed by atoms with Crippen molar-refractivity contribution in [2.24, 2.45) is 0 Å². The van der Waals surface area contributed by atoms with Gasteiger partial charge in [0.05, 0.1) is 6.20 Å². The van der Waals surface area contributed by atoms with Gasteiger partial charge in [0.15, 0.2) is 0 Å². The molecule has 106 valence electrons. The topological polar surface area (TPSA) is 61.7 Å². The average molecular weight is 271 g/mol. The molecule has 20 heavy (non-hydrogen) atoms. The van der Waals surface area contributed by atoms with Gasteiger partial charge in [0, 0.05) is 30.8 Å². The Bertz CT molecular complexity index is 618. The molecule has 0 unspecified atom stereocenters. The van der Waals surface area contributed by atoms with E-state index in [0.29, 0.717) is 12.5 Å². The van der Waals surface area contributed by atoms with Crippen molar-refractivity contribution < 1.29 is 0 Å². The first kappa shape index (κ1) is 13.0. The molecule has 5 heteroatoms. The number of hydrogen-bond acceptors (Lipinski definition) is 3. The third-order valence-corrected chi connectivity index (χ3v) is 3.65. The molecule has 5 nitrogen and oxygen atoms in total. The standard InChI is InChI=1S/C15H21N5/c1-3-7-19-10-12(9-17-19)13-14(16)20(8-4-2)15(18-13)11-5-6-11/h4,9-11H,2-3,5-8,16H2,1H3. The van der Waals surface area contributed by atoms with Crippen LogP contribution in [0.4, 0.5) is 5.82 Å². The summed E-state index contributed by atoms with van der Waals surface area (Å²) in [4.78, 5) is 4.77. The molecule has 0 bridgehead atoms. The molecule has 0 aliphatic heterocycles. The van der Waals surface area contributed by atoms with Gasteiger partial charge < -0.3 is 10.3 Å². The van der Waals surface area contributed by atoms with Crippen LogP contribution >= 0.6 is 0 Å². The lowest BCUT2D eigenvalue weighted by molar-refractivity contribution is 0.603. The quantitative estimate of drug-likeness (QED) is 0.822. The van der Waals surface area contributed by atoms with Crippen molar-refractivity contribution in [3.63, 3.8) is 0 Å². The zero-order valence-corrected chi connectivity index (χ0v) is 11.9. The molecule has 0 spiro atoms. The smallest absolute Gasteiger partial charge is 0.132 e. The lowest BCUT2D eigenvalue weighted by Gasteiger charge is -2.05. The number of imidazole rings is 1. The van der Waals surface area contributed by atoms with Crippen LogP contribution in [-0.4, -0.2) is 19.3 Å². The summed E-state index contributed by atoms with van der Waals surface area (Å²) in [7, 11) is 0.